The molecule has 0 saturated carbocycles. The Kier molecular flexibility index (Phi) is 6.29. The van der Waals surface area contributed by atoms with E-state index in [-0.39, 0.29) is 29.2 Å². The normalized spacial score (nSPS) is 25.9. The third kappa shape index (κ3) is 4.71. The molecular formula is C19H34N2O3. The number of nitrogens with zero attached hydrogens (tertiary/aromatic N) is 2. The maximum atomic E-state index is 13.1. The molecule has 0 aromatic heterocycles. The summed E-state index contributed by atoms with van der Waals surface area (Å²) in [4.78, 5) is 29.6. The molecule has 2 atom stereocenters. The number of amides is 2. The molecule has 2 amide bonds. The number of piperidine rings is 1. The van der Waals surface area contributed by atoms with Gasteiger partial charge in [0.25, 0.3) is 0 Å². The molecule has 0 radical (unpaired) electrons. The van der Waals surface area contributed by atoms with Gasteiger partial charge in [-0.1, -0.05) is 34.6 Å². The van der Waals surface area contributed by atoms with Crippen molar-refractivity contribution in [3.05, 3.63) is 0 Å². The van der Waals surface area contributed by atoms with Crippen LogP contribution in [0.4, 0.5) is 0 Å². The molecule has 0 N–H and O–H groups in total. The van der Waals surface area contributed by atoms with Crippen LogP contribution < -0.4 is 0 Å². The van der Waals surface area contributed by atoms with Crippen LogP contribution in [0.5, 0.6) is 0 Å². The molecule has 2 saturated heterocycles. The zero-order valence-electron chi connectivity index (χ0n) is 16.0. The van der Waals surface area contributed by atoms with Crippen molar-refractivity contribution in [1.82, 2.24) is 9.80 Å². The highest BCUT2D eigenvalue weighted by Crippen LogP contribution is 2.26. The van der Waals surface area contributed by atoms with Crippen molar-refractivity contribution in [2.24, 2.45) is 17.3 Å². The molecule has 5 nitrogen and oxygen atoms in total. The summed E-state index contributed by atoms with van der Waals surface area (Å²) in [6.07, 6.45) is 2.78. The number of morpholine rings is 1. The van der Waals surface area contributed by atoms with Gasteiger partial charge in [-0.2, -0.15) is 0 Å². The summed E-state index contributed by atoms with van der Waals surface area (Å²) in [6.45, 7) is 13.5. The molecule has 0 aliphatic carbocycles. The predicted octanol–water partition coefficient (Wildman–Crippen LogP) is 2.54. The van der Waals surface area contributed by atoms with Crippen molar-refractivity contribution in [1.29, 1.82) is 0 Å². The molecule has 2 unspecified atom stereocenters. The van der Waals surface area contributed by atoms with Crippen LogP contribution in [-0.2, 0) is 14.3 Å². The molecule has 2 aliphatic heterocycles. The standard InChI is InChI=1S/C19H34N2O3/c1-14(2)11-16-13-24-10-9-21(16)17(22)15-7-6-8-20(12-15)18(23)19(3,4)5/h14-16H,6-13H2,1-5H3. The van der Waals surface area contributed by atoms with Crippen LogP contribution in [0.3, 0.4) is 0 Å². The largest absolute Gasteiger partial charge is 0.377 e. The highest BCUT2D eigenvalue weighted by atomic mass is 16.5. The van der Waals surface area contributed by atoms with E-state index < -0.39 is 0 Å². The predicted molar refractivity (Wildman–Crippen MR) is 94.5 cm³/mol. The molecule has 2 rings (SSSR count). The second-order valence-corrected chi connectivity index (χ2v) is 8.73. The Bertz CT molecular complexity index is 456. The van der Waals surface area contributed by atoms with E-state index in [1.807, 2.05) is 30.6 Å². The van der Waals surface area contributed by atoms with Crippen molar-refractivity contribution in [2.45, 2.75) is 59.9 Å². The third-order valence-electron chi connectivity index (χ3n) is 4.95. The Morgan fingerprint density at radius 2 is 1.92 bits per heavy atom. The van der Waals surface area contributed by atoms with Crippen molar-refractivity contribution >= 4 is 11.8 Å². The van der Waals surface area contributed by atoms with Gasteiger partial charge < -0.3 is 14.5 Å². The summed E-state index contributed by atoms with van der Waals surface area (Å²) in [5.74, 6) is 0.853. The number of hydrogen-bond donors (Lipinski definition) is 0. The van der Waals surface area contributed by atoms with Gasteiger partial charge in [0, 0.05) is 25.0 Å². The van der Waals surface area contributed by atoms with Crippen LogP contribution in [0.1, 0.15) is 53.9 Å². The summed E-state index contributed by atoms with van der Waals surface area (Å²) in [5.41, 5.74) is -0.385. The van der Waals surface area contributed by atoms with Gasteiger partial charge in [-0.05, 0) is 25.2 Å². The Hall–Kier alpha value is -1.10. The Morgan fingerprint density at radius 3 is 2.54 bits per heavy atom. The Morgan fingerprint density at radius 1 is 1.21 bits per heavy atom. The molecule has 2 fully saturated rings. The van der Waals surface area contributed by atoms with E-state index in [0.29, 0.717) is 32.2 Å². The van der Waals surface area contributed by atoms with Gasteiger partial charge >= 0.3 is 0 Å². The lowest BCUT2D eigenvalue weighted by molar-refractivity contribution is -0.150. The first-order valence-corrected chi connectivity index (χ1v) is 9.37. The molecule has 0 aromatic rings. The molecule has 2 aliphatic rings. The second kappa shape index (κ2) is 7.85. The number of carbonyl (C=O) groups excluding carboxylic acids is 2. The highest BCUT2D eigenvalue weighted by Gasteiger charge is 2.37. The Labute approximate surface area is 146 Å². The van der Waals surface area contributed by atoms with E-state index in [9.17, 15) is 9.59 Å². The van der Waals surface area contributed by atoms with Crippen LogP contribution in [0.25, 0.3) is 0 Å². The topological polar surface area (TPSA) is 49.9 Å². The van der Waals surface area contributed by atoms with Crippen molar-refractivity contribution in [3.8, 4) is 0 Å². The van der Waals surface area contributed by atoms with E-state index in [1.165, 1.54) is 0 Å². The first-order valence-electron chi connectivity index (χ1n) is 9.37. The molecular weight excluding hydrogens is 304 g/mol. The summed E-state index contributed by atoms with van der Waals surface area (Å²) < 4.78 is 5.60. The molecule has 5 heteroatoms. The van der Waals surface area contributed by atoms with E-state index in [2.05, 4.69) is 13.8 Å². The lowest BCUT2D eigenvalue weighted by atomic mass is 9.90. The zero-order valence-corrected chi connectivity index (χ0v) is 16.0. The minimum atomic E-state index is -0.385. The number of likely N-dealkylation sites (tertiary alicyclic amines) is 1. The van der Waals surface area contributed by atoms with Crippen LogP contribution >= 0.6 is 0 Å². The fourth-order valence-electron chi connectivity index (χ4n) is 3.76. The van der Waals surface area contributed by atoms with Gasteiger partial charge in [0.15, 0.2) is 0 Å². The summed E-state index contributed by atoms with van der Waals surface area (Å²) >= 11 is 0. The fourth-order valence-corrected chi connectivity index (χ4v) is 3.76. The van der Waals surface area contributed by atoms with Gasteiger partial charge in [-0.15, -0.1) is 0 Å². The quantitative estimate of drug-likeness (QED) is 0.794. The number of ether oxygens (including phenoxy) is 1. The average Bonchev–Trinajstić information content (AvgIpc) is 2.52. The van der Waals surface area contributed by atoms with E-state index in [1.54, 1.807) is 0 Å². The van der Waals surface area contributed by atoms with Crippen molar-refractivity contribution < 1.29 is 14.3 Å². The summed E-state index contributed by atoms with van der Waals surface area (Å²) in [7, 11) is 0. The van der Waals surface area contributed by atoms with Crippen molar-refractivity contribution in [3.63, 3.8) is 0 Å². The summed E-state index contributed by atoms with van der Waals surface area (Å²) in [5, 5.41) is 0. The van der Waals surface area contributed by atoms with Gasteiger partial charge in [-0.3, -0.25) is 9.59 Å². The molecule has 2 heterocycles. The highest BCUT2D eigenvalue weighted by molar-refractivity contribution is 5.84. The Balaban J connectivity index is 2.03. The van der Waals surface area contributed by atoms with Crippen molar-refractivity contribution in [2.75, 3.05) is 32.8 Å². The van der Waals surface area contributed by atoms with E-state index in [0.717, 1.165) is 25.8 Å². The maximum absolute atomic E-state index is 13.1. The molecule has 0 aromatic carbocycles. The van der Waals surface area contributed by atoms with Gasteiger partial charge in [0.05, 0.1) is 25.2 Å². The zero-order chi connectivity index (χ0) is 17.9. The maximum Gasteiger partial charge on any atom is 0.227 e. The first-order chi connectivity index (χ1) is 11.2. The molecule has 24 heavy (non-hydrogen) atoms. The monoisotopic (exact) mass is 338 g/mol. The lowest BCUT2D eigenvalue weighted by Crippen LogP contribution is -2.54. The van der Waals surface area contributed by atoms with Crippen LogP contribution in [0.2, 0.25) is 0 Å². The smallest absolute Gasteiger partial charge is 0.227 e. The fraction of sp³-hybridized carbons (Fsp3) is 0.895. The average molecular weight is 338 g/mol. The first kappa shape index (κ1) is 19.2. The minimum Gasteiger partial charge on any atom is -0.377 e. The minimum absolute atomic E-state index is 0.0576. The molecule has 0 spiro atoms. The second-order valence-electron chi connectivity index (χ2n) is 8.73. The molecule has 138 valence electrons. The van der Waals surface area contributed by atoms with Crippen LogP contribution in [-0.4, -0.2) is 60.5 Å². The summed E-state index contributed by atoms with van der Waals surface area (Å²) in [6, 6.07) is 0.181. The van der Waals surface area contributed by atoms with E-state index >= 15 is 0 Å². The van der Waals surface area contributed by atoms with Crippen LogP contribution in [0, 0.1) is 17.3 Å². The number of rotatable bonds is 3. The van der Waals surface area contributed by atoms with Gasteiger partial charge in [-0.25, -0.2) is 0 Å². The molecule has 0 bridgehead atoms. The third-order valence-corrected chi connectivity index (χ3v) is 4.95. The van der Waals surface area contributed by atoms with Gasteiger partial charge in [0.2, 0.25) is 11.8 Å². The van der Waals surface area contributed by atoms with Crippen LogP contribution in [0.15, 0.2) is 0 Å². The van der Waals surface area contributed by atoms with Gasteiger partial charge in [0.1, 0.15) is 0 Å². The van der Waals surface area contributed by atoms with E-state index in [4.69, 9.17) is 4.74 Å². The number of hydrogen-bond acceptors (Lipinski definition) is 3. The number of carbonyl (C=O) groups is 2. The SMILES string of the molecule is CC(C)CC1COCCN1C(=O)C1CCCN(C(=O)C(C)(C)C)C1. The lowest BCUT2D eigenvalue weighted by Gasteiger charge is -2.41.